The smallest absolute Gasteiger partial charge is 0.298 e. The highest BCUT2D eigenvalue weighted by atomic mass is 35.5. The van der Waals surface area contributed by atoms with Crippen LogP contribution in [0.15, 0.2) is 17.1 Å². The lowest BCUT2D eigenvalue weighted by atomic mass is 10.2. The third-order valence-electron chi connectivity index (χ3n) is 3.83. The molecule has 0 aliphatic heterocycles. The molecule has 24 heavy (non-hydrogen) atoms. The fourth-order valence-electron chi connectivity index (χ4n) is 1.96. The van der Waals surface area contributed by atoms with Crippen LogP contribution in [0.4, 0.5) is 5.69 Å². The molecule has 0 unspecified atom stereocenters. The van der Waals surface area contributed by atoms with Gasteiger partial charge < -0.3 is 9.64 Å². The van der Waals surface area contributed by atoms with E-state index in [-0.39, 0.29) is 4.87 Å². The maximum absolute atomic E-state index is 6.32. The van der Waals surface area contributed by atoms with Gasteiger partial charge in [-0.15, -0.1) is 11.6 Å². The van der Waals surface area contributed by atoms with Gasteiger partial charge in [0, 0.05) is 31.2 Å². The molecule has 1 heterocycles. The highest BCUT2D eigenvalue weighted by molar-refractivity contribution is 7.07. The number of rotatable bonds is 6. The molecule has 5 nitrogen and oxygen atoms in total. The van der Waals surface area contributed by atoms with Crippen molar-refractivity contribution in [3.63, 3.8) is 0 Å². The summed E-state index contributed by atoms with van der Waals surface area (Å²) in [6, 6.07) is 3.65. The molecular weight excluding hydrogens is 367 g/mol. The number of alkyl halides is 1. The molecule has 0 amide bonds. The molecule has 1 fully saturated rings. The molecule has 8 heteroatoms. The van der Waals surface area contributed by atoms with Crippen molar-refractivity contribution in [2.75, 3.05) is 13.6 Å². The standard InChI is InChI=1S/C16H18Cl2N4OS/c1-4-22(3)9-19-12-7-10(2)13(8-11(12)17)23-15-20-14(21-24-15)16(18)5-6-16/h7-9H,4-6H2,1-3H3/b19-9-. The third kappa shape index (κ3) is 3.82. The maximum Gasteiger partial charge on any atom is 0.298 e. The number of nitrogens with zero attached hydrogens (tertiary/aromatic N) is 4. The highest BCUT2D eigenvalue weighted by Gasteiger charge is 2.46. The lowest BCUT2D eigenvalue weighted by Gasteiger charge is -2.10. The van der Waals surface area contributed by atoms with Crippen LogP contribution in [-0.4, -0.2) is 34.2 Å². The van der Waals surface area contributed by atoms with Gasteiger partial charge in [0.2, 0.25) is 0 Å². The quantitative estimate of drug-likeness (QED) is 0.393. The minimum atomic E-state index is -0.380. The SMILES string of the molecule is CCN(C)/C=N\c1cc(C)c(Oc2nc(C3(Cl)CC3)ns2)cc1Cl. The van der Waals surface area contributed by atoms with E-state index >= 15 is 0 Å². The molecule has 1 aliphatic carbocycles. The first-order valence-corrected chi connectivity index (χ1v) is 9.20. The Balaban J connectivity index is 1.78. The van der Waals surface area contributed by atoms with Crippen LogP contribution in [0, 0.1) is 6.92 Å². The number of ether oxygens (including phenoxy) is 1. The Morgan fingerprint density at radius 1 is 1.46 bits per heavy atom. The summed E-state index contributed by atoms with van der Waals surface area (Å²) >= 11 is 13.8. The Labute approximate surface area is 155 Å². The molecule has 0 spiro atoms. The predicted molar refractivity (Wildman–Crippen MR) is 99.4 cm³/mol. The number of hydrogen-bond donors (Lipinski definition) is 0. The van der Waals surface area contributed by atoms with Gasteiger partial charge in [-0.05, 0) is 38.3 Å². The first-order valence-electron chi connectivity index (χ1n) is 7.67. The number of aromatic nitrogens is 2. The Morgan fingerprint density at radius 2 is 2.21 bits per heavy atom. The zero-order valence-electron chi connectivity index (χ0n) is 13.7. The summed E-state index contributed by atoms with van der Waals surface area (Å²) in [7, 11) is 1.96. The van der Waals surface area contributed by atoms with Gasteiger partial charge in [0.1, 0.15) is 10.6 Å². The Hall–Kier alpha value is -1.37. The number of benzene rings is 1. The van der Waals surface area contributed by atoms with Gasteiger partial charge in [-0.3, -0.25) is 0 Å². The molecule has 1 aromatic carbocycles. The summed E-state index contributed by atoms with van der Waals surface area (Å²) in [5, 5.41) is 0.996. The lowest BCUT2D eigenvalue weighted by Crippen LogP contribution is -2.14. The van der Waals surface area contributed by atoms with Crippen LogP contribution < -0.4 is 4.74 Å². The molecule has 1 aromatic heterocycles. The average molecular weight is 385 g/mol. The van der Waals surface area contributed by atoms with E-state index in [2.05, 4.69) is 21.3 Å². The molecule has 1 saturated carbocycles. The van der Waals surface area contributed by atoms with Crippen LogP contribution >= 0.6 is 34.7 Å². The summed E-state index contributed by atoms with van der Waals surface area (Å²) < 4.78 is 10.1. The third-order valence-corrected chi connectivity index (χ3v) is 5.28. The molecule has 2 aromatic rings. The van der Waals surface area contributed by atoms with E-state index < -0.39 is 0 Å². The number of aryl methyl sites for hydroxylation is 1. The lowest BCUT2D eigenvalue weighted by molar-refractivity contribution is 0.473. The van der Waals surface area contributed by atoms with Crippen LogP contribution in [0.2, 0.25) is 5.02 Å². The Morgan fingerprint density at radius 3 is 2.88 bits per heavy atom. The summed E-state index contributed by atoms with van der Waals surface area (Å²) in [6.07, 6.45) is 3.58. The zero-order valence-corrected chi connectivity index (χ0v) is 16.0. The van der Waals surface area contributed by atoms with Crippen molar-refractivity contribution in [3.8, 4) is 10.9 Å². The fraction of sp³-hybridized carbons (Fsp3) is 0.438. The van der Waals surface area contributed by atoms with Gasteiger partial charge in [-0.2, -0.15) is 9.36 Å². The van der Waals surface area contributed by atoms with Crippen LogP contribution in [0.3, 0.4) is 0 Å². The summed E-state index contributed by atoms with van der Waals surface area (Å²) in [6.45, 7) is 4.88. The summed E-state index contributed by atoms with van der Waals surface area (Å²) in [5.74, 6) is 1.29. The van der Waals surface area contributed by atoms with E-state index in [1.807, 2.05) is 24.9 Å². The second-order valence-electron chi connectivity index (χ2n) is 5.84. The Bertz CT molecular complexity index is 773. The molecule has 128 valence electrons. The van der Waals surface area contributed by atoms with E-state index in [0.29, 0.717) is 27.5 Å². The van der Waals surface area contributed by atoms with Gasteiger partial charge in [0.05, 0.1) is 17.0 Å². The molecule has 0 N–H and O–H groups in total. The largest absolute Gasteiger partial charge is 0.430 e. The monoisotopic (exact) mass is 384 g/mol. The number of halogens is 2. The van der Waals surface area contributed by atoms with Crippen molar-refractivity contribution < 1.29 is 4.74 Å². The molecule has 1 aliphatic rings. The van der Waals surface area contributed by atoms with Crippen LogP contribution in [-0.2, 0) is 4.87 Å². The number of hydrogen-bond acceptors (Lipinski definition) is 5. The first kappa shape index (κ1) is 17.5. The Kier molecular flexibility index (Phi) is 4.99. The minimum Gasteiger partial charge on any atom is -0.430 e. The first-order chi connectivity index (χ1) is 11.4. The minimum absolute atomic E-state index is 0.380. The molecule has 0 radical (unpaired) electrons. The van der Waals surface area contributed by atoms with Crippen molar-refractivity contribution >= 4 is 46.8 Å². The van der Waals surface area contributed by atoms with Crippen molar-refractivity contribution in [1.82, 2.24) is 14.3 Å². The van der Waals surface area contributed by atoms with Crippen molar-refractivity contribution in [1.29, 1.82) is 0 Å². The number of aliphatic imine (C=N–C) groups is 1. The highest BCUT2D eigenvalue weighted by Crippen LogP contribution is 2.51. The average Bonchev–Trinajstić information content (AvgIpc) is 3.12. The molecule has 0 bridgehead atoms. The van der Waals surface area contributed by atoms with E-state index in [0.717, 1.165) is 24.9 Å². The van der Waals surface area contributed by atoms with E-state index in [1.165, 1.54) is 11.5 Å². The van der Waals surface area contributed by atoms with Crippen LogP contribution in [0.5, 0.6) is 10.9 Å². The van der Waals surface area contributed by atoms with Crippen molar-refractivity contribution in [2.24, 2.45) is 4.99 Å². The van der Waals surface area contributed by atoms with Crippen molar-refractivity contribution in [3.05, 3.63) is 28.5 Å². The summed E-state index contributed by atoms with van der Waals surface area (Å²) in [4.78, 5) is 10.4. The predicted octanol–water partition coefficient (Wildman–Crippen LogP) is 5.13. The van der Waals surface area contributed by atoms with E-state index in [9.17, 15) is 0 Å². The van der Waals surface area contributed by atoms with Crippen molar-refractivity contribution in [2.45, 2.75) is 31.6 Å². The van der Waals surface area contributed by atoms with E-state index in [1.54, 1.807) is 12.4 Å². The molecule has 0 saturated heterocycles. The van der Waals surface area contributed by atoms with Gasteiger partial charge >= 0.3 is 0 Å². The van der Waals surface area contributed by atoms with Gasteiger partial charge in [0.25, 0.3) is 5.19 Å². The van der Waals surface area contributed by atoms with Gasteiger partial charge in [-0.1, -0.05) is 11.6 Å². The normalized spacial score (nSPS) is 15.7. The molecular formula is C16H18Cl2N4OS. The van der Waals surface area contributed by atoms with Gasteiger partial charge in [-0.25, -0.2) is 4.99 Å². The van der Waals surface area contributed by atoms with Gasteiger partial charge in [0.15, 0.2) is 5.82 Å². The fourth-order valence-corrected chi connectivity index (χ4v) is 3.03. The topological polar surface area (TPSA) is 50.6 Å². The summed E-state index contributed by atoms with van der Waals surface area (Å²) in [5.41, 5.74) is 1.63. The second-order valence-corrected chi connectivity index (χ2v) is 7.68. The second kappa shape index (κ2) is 6.86. The van der Waals surface area contributed by atoms with E-state index in [4.69, 9.17) is 27.9 Å². The zero-order chi connectivity index (χ0) is 17.3. The van der Waals surface area contributed by atoms with Crippen LogP contribution in [0.1, 0.15) is 31.2 Å². The maximum atomic E-state index is 6.32. The van der Waals surface area contributed by atoms with Crippen LogP contribution in [0.25, 0.3) is 0 Å². The molecule has 3 rings (SSSR count). The molecule has 0 atom stereocenters.